The number of likely N-dealkylation sites (tertiary alicyclic amines) is 1. The summed E-state index contributed by atoms with van der Waals surface area (Å²) < 4.78 is 0. The van der Waals surface area contributed by atoms with Crippen molar-refractivity contribution in [1.82, 2.24) is 9.88 Å². The Hall–Kier alpha value is -2.30. The van der Waals surface area contributed by atoms with Gasteiger partial charge in [-0.2, -0.15) is 0 Å². The standard InChI is InChI=1S/C19H24N2O3/c1-19(2,3)14-5-4-13-10-16(20-15(13)11-14)17(22)21-8-6-12(7-9-21)18(23)24/h4-5,10-12,20H,6-9H2,1-3H3,(H,23,24). The van der Waals surface area contributed by atoms with Gasteiger partial charge in [0.2, 0.25) is 0 Å². The average Bonchev–Trinajstić information content (AvgIpc) is 2.96. The van der Waals surface area contributed by atoms with Gasteiger partial charge in [-0.25, -0.2) is 0 Å². The number of nitrogens with zero attached hydrogens (tertiary/aromatic N) is 1. The number of rotatable bonds is 2. The van der Waals surface area contributed by atoms with Crippen LogP contribution in [0.5, 0.6) is 0 Å². The molecule has 1 saturated heterocycles. The first kappa shape index (κ1) is 16.6. The summed E-state index contributed by atoms with van der Waals surface area (Å²) in [6, 6.07) is 8.12. The largest absolute Gasteiger partial charge is 0.481 e. The molecule has 5 nitrogen and oxygen atoms in total. The van der Waals surface area contributed by atoms with Crippen molar-refractivity contribution in [3.8, 4) is 0 Å². The van der Waals surface area contributed by atoms with Gasteiger partial charge in [0.1, 0.15) is 5.69 Å². The number of carbonyl (C=O) groups excluding carboxylic acids is 1. The highest BCUT2D eigenvalue weighted by Gasteiger charge is 2.28. The summed E-state index contributed by atoms with van der Waals surface area (Å²) in [7, 11) is 0. The van der Waals surface area contributed by atoms with Crippen molar-refractivity contribution in [2.24, 2.45) is 5.92 Å². The van der Waals surface area contributed by atoms with Crippen LogP contribution in [0.3, 0.4) is 0 Å². The molecule has 2 N–H and O–H groups in total. The first-order valence-electron chi connectivity index (χ1n) is 8.41. The number of amides is 1. The molecule has 0 aliphatic carbocycles. The smallest absolute Gasteiger partial charge is 0.306 e. The number of carbonyl (C=O) groups is 2. The molecule has 0 spiro atoms. The first-order chi connectivity index (χ1) is 11.3. The topological polar surface area (TPSA) is 73.4 Å². The third kappa shape index (κ3) is 3.16. The Morgan fingerprint density at radius 2 is 1.83 bits per heavy atom. The number of aromatic nitrogens is 1. The number of aliphatic carboxylic acids is 1. The third-order valence-corrected chi connectivity index (χ3v) is 4.85. The van der Waals surface area contributed by atoms with E-state index >= 15 is 0 Å². The van der Waals surface area contributed by atoms with Crippen LogP contribution in [-0.4, -0.2) is 40.0 Å². The minimum absolute atomic E-state index is 0.0488. The molecule has 0 unspecified atom stereocenters. The maximum absolute atomic E-state index is 12.7. The second-order valence-corrected chi connectivity index (χ2v) is 7.64. The van der Waals surface area contributed by atoms with Crippen LogP contribution in [0, 0.1) is 5.92 Å². The lowest BCUT2D eigenvalue weighted by atomic mass is 9.87. The second kappa shape index (κ2) is 5.96. The van der Waals surface area contributed by atoms with E-state index in [0.29, 0.717) is 31.6 Å². The first-order valence-corrected chi connectivity index (χ1v) is 8.41. The molecule has 128 valence electrons. The van der Waals surface area contributed by atoms with Crippen LogP contribution in [-0.2, 0) is 10.2 Å². The van der Waals surface area contributed by atoms with E-state index < -0.39 is 5.97 Å². The van der Waals surface area contributed by atoms with Crippen LogP contribution in [0.2, 0.25) is 0 Å². The minimum atomic E-state index is -0.762. The van der Waals surface area contributed by atoms with E-state index in [-0.39, 0.29) is 17.2 Å². The Bertz CT molecular complexity index is 777. The number of carboxylic acids is 1. The number of carboxylic acid groups (broad SMARTS) is 1. The Morgan fingerprint density at radius 1 is 1.17 bits per heavy atom. The van der Waals surface area contributed by atoms with Crippen LogP contribution < -0.4 is 0 Å². The van der Waals surface area contributed by atoms with Crippen molar-refractivity contribution in [3.05, 3.63) is 35.5 Å². The lowest BCUT2D eigenvalue weighted by molar-refractivity contribution is -0.143. The summed E-state index contributed by atoms with van der Waals surface area (Å²) in [5.74, 6) is -1.14. The highest BCUT2D eigenvalue weighted by molar-refractivity contribution is 5.98. The molecule has 1 aliphatic rings. The Kier molecular flexibility index (Phi) is 4.11. The SMILES string of the molecule is CC(C)(C)c1ccc2cc(C(=O)N3CCC(C(=O)O)CC3)[nH]c2c1. The molecule has 5 heteroatoms. The van der Waals surface area contributed by atoms with Crippen molar-refractivity contribution >= 4 is 22.8 Å². The second-order valence-electron chi connectivity index (χ2n) is 7.64. The fraction of sp³-hybridized carbons (Fsp3) is 0.474. The van der Waals surface area contributed by atoms with E-state index in [9.17, 15) is 9.59 Å². The third-order valence-electron chi connectivity index (χ3n) is 4.85. The Labute approximate surface area is 141 Å². The van der Waals surface area contributed by atoms with Crippen LogP contribution in [0.15, 0.2) is 24.3 Å². The zero-order chi connectivity index (χ0) is 17.5. The predicted molar refractivity (Wildman–Crippen MR) is 93.3 cm³/mol. The number of nitrogens with one attached hydrogen (secondary N) is 1. The summed E-state index contributed by atoms with van der Waals surface area (Å²) in [5, 5.41) is 10.1. The van der Waals surface area contributed by atoms with Crippen LogP contribution in [0.4, 0.5) is 0 Å². The molecule has 1 fully saturated rings. The zero-order valence-electron chi connectivity index (χ0n) is 14.4. The van der Waals surface area contributed by atoms with Crippen molar-refractivity contribution in [3.63, 3.8) is 0 Å². The van der Waals surface area contributed by atoms with Crippen molar-refractivity contribution in [2.45, 2.75) is 39.0 Å². The van der Waals surface area contributed by atoms with Gasteiger partial charge in [-0.05, 0) is 36.0 Å². The lowest BCUT2D eigenvalue weighted by Gasteiger charge is -2.29. The molecule has 2 heterocycles. The Balaban J connectivity index is 1.80. The number of hydrogen-bond acceptors (Lipinski definition) is 2. The van der Waals surface area contributed by atoms with Crippen molar-refractivity contribution < 1.29 is 14.7 Å². The molecule has 1 aromatic carbocycles. The van der Waals surface area contributed by atoms with Crippen LogP contribution >= 0.6 is 0 Å². The number of H-pyrrole nitrogens is 1. The van der Waals surface area contributed by atoms with E-state index in [1.807, 2.05) is 12.1 Å². The van der Waals surface area contributed by atoms with E-state index in [2.05, 4.69) is 37.9 Å². The van der Waals surface area contributed by atoms with Gasteiger partial charge < -0.3 is 15.0 Å². The molecule has 24 heavy (non-hydrogen) atoms. The summed E-state index contributed by atoms with van der Waals surface area (Å²) in [4.78, 5) is 28.7. The molecule has 0 bridgehead atoms. The molecule has 0 radical (unpaired) electrons. The van der Waals surface area contributed by atoms with E-state index in [4.69, 9.17) is 5.11 Å². The quantitative estimate of drug-likeness (QED) is 0.887. The molecule has 1 aromatic heterocycles. The normalized spacial score (nSPS) is 16.5. The number of benzene rings is 1. The highest BCUT2D eigenvalue weighted by Crippen LogP contribution is 2.27. The van der Waals surface area contributed by atoms with E-state index in [1.165, 1.54) is 5.56 Å². The van der Waals surface area contributed by atoms with Crippen molar-refractivity contribution in [1.29, 1.82) is 0 Å². The number of fused-ring (bicyclic) bond motifs is 1. The van der Waals surface area contributed by atoms with Gasteiger partial charge in [0, 0.05) is 24.0 Å². The van der Waals surface area contributed by atoms with Gasteiger partial charge in [-0.1, -0.05) is 32.9 Å². The fourth-order valence-electron chi connectivity index (χ4n) is 3.21. The average molecular weight is 328 g/mol. The monoisotopic (exact) mass is 328 g/mol. The number of hydrogen-bond donors (Lipinski definition) is 2. The summed E-state index contributed by atoms with van der Waals surface area (Å²) in [5.41, 5.74) is 2.82. The Morgan fingerprint density at radius 3 is 2.42 bits per heavy atom. The molecule has 0 atom stereocenters. The van der Waals surface area contributed by atoms with Crippen molar-refractivity contribution in [2.75, 3.05) is 13.1 Å². The molecular formula is C19H24N2O3. The van der Waals surface area contributed by atoms with Gasteiger partial charge in [0.25, 0.3) is 5.91 Å². The minimum Gasteiger partial charge on any atom is -0.481 e. The van der Waals surface area contributed by atoms with Crippen LogP contribution in [0.1, 0.15) is 49.7 Å². The number of aromatic amines is 1. The molecule has 3 rings (SSSR count). The summed E-state index contributed by atoms with van der Waals surface area (Å²) in [6.07, 6.45) is 1.05. The molecular weight excluding hydrogens is 304 g/mol. The summed E-state index contributed by atoms with van der Waals surface area (Å²) >= 11 is 0. The molecule has 1 amide bonds. The summed E-state index contributed by atoms with van der Waals surface area (Å²) in [6.45, 7) is 7.48. The van der Waals surface area contributed by atoms with Gasteiger partial charge in [-0.3, -0.25) is 9.59 Å². The van der Waals surface area contributed by atoms with Gasteiger partial charge >= 0.3 is 5.97 Å². The van der Waals surface area contributed by atoms with E-state index in [1.54, 1.807) is 4.90 Å². The lowest BCUT2D eigenvalue weighted by Crippen LogP contribution is -2.40. The maximum Gasteiger partial charge on any atom is 0.306 e. The van der Waals surface area contributed by atoms with Gasteiger partial charge in [0.15, 0.2) is 0 Å². The molecule has 0 saturated carbocycles. The van der Waals surface area contributed by atoms with Gasteiger partial charge in [-0.15, -0.1) is 0 Å². The van der Waals surface area contributed by atoms with E-state index in [0.717, 1.165) is 10.9 Å². The van der Waals surface area contributed by atoms with Crippen LogP contribution in [0.25, 0.3) is 10.9 Å². The molecule has 2 aromatic rings. The number of piperidine rings is 1. The fourth-order valence-corrected chi connectivity index (χ4v) is 3.21. The highest BCUT2D eigenvalue weighted by atomic mass is 16.4. The molecule has 1 aliphatic heterocycles. The zero-order valence-corrected chi connectivity index (χ0v) is 14.4. The predicted octanol–water partition coefficient (Wildman–Crippen LogP) is 3.40. The van der Waals surface area contributed by atoms with Gasteiger partial charge in [0.05, 0.1) is 5.92 Å². The maximum atomic E-state index is 12.7.